The van der Waals surface area contributed by atoms with Gasteiger partial charge in [0.1, 0.15) is 5.75 Å². The van der Waals surface area contributed by atoms with Crippen LogP contribution in [0.4, 0.5) is 0 Å². The monoisotopic (exact) mass is 241 g/mol. The van der Waals surface area contributed by atoms with Crippen LogP contribution in [0, 0.1) is 0 Å². The lowest BCUT2D eigenvalue weighted by atomic mass is 10.2. The van der Waals surface area contributed by atoms with Crippen molar-refractivity contribution in [3.05, 3.63) is 34.3 Å². The van der Waals surface area contributed by atoms with Gasteiger partial charge < -0.3 is 10.8 Å². The van der Waals surface area contributed by atoms with Crippen LogP contribution in [0.2, 0.25) is 0 Å². The first kappa shape index (κ1) is 10.3. The molecule has 0 saturated heterocycles. The molecule has 0 aliphatic heterocycles. The molecule has 3 heteroatoms. The van der Waals surface area contributed by atoms with Gasteiger partial charge in [0.25, 0.3) is 0 Å². The van der Waals surface area contributed by atoms with Crippen LogP contribution in [0.25, 0.3) is 6.08 Å². The summed E-state index contributed by atoms with van der Waals surface area (Å²) in [4.78, 5) is 0. The molecule has 0 amide bonds. The minimum atomic E-state index is 0.260. The predicted molar refractivity (Wildman–Crippen MR) is 58.5 cm³/mol. The van der Waals surface area contributed by atoms with Crippen LogP contribution >= 0.6 is 15.9 Å². The zero-order valence-electron chi connectivity index (χ0n) is 7.20. The second-order valence-corrected chi connectivity index (χ2v) is 3.54. The number of hydrogen-bond acceptors (Lipinski definition) is 2. The van der Waals surface area contributed by atoms with Gasteiger partial charge >= 0.3 is 0 Å². The summed E-state index contributed by atoms with van der Waals surface area (Å²) in [7, 11) is 0. The average molecular weight is 242 g/mol. The van der Waals surface area contributed by atoms with Crippen LogP contribution < -0.4 is 5.73 Å². The summed E-state index contributed by atoms with van der Waals surface area (Å²) < 4.78 is 0.711. The van der Waals surface area contributed by atoms with Gasteiger partial charge in [-0.05, 0) is 46.6 Å². The van der Waals surface area contributed by atoms with Gasteiger partial charge in [-0.3, -0.25) is 0 Å². The summed E-state index contributed by atoms with van der Waals surface area (Å²) in [6.07, 6.45) is 4.87. The average Bonchev–Trinajstić information content (AvgIpc) is 2.12. The minimum absolute atomic E-state index is 0.260. The molecule has 0 aliphatic carbocycles. The highest BCUT2D eigenvalue weighted by atomic mass is 79.9. The van der Waals surface area contributed by atoms with Crippen molar-refractivity contribution in [2.75, 3.05) is 6.54 Å². The third-order valence-corrected chi connectivity index (χ3v) is 2.25. The van der Waals surface area contributed by atoms with Gasteiger partial charge in [0.2, 0.25) is 0 Å². The molecule has 2 nitrogen and oxygen atoms in total. The number of aromatic hydroxyl groups is 1. The maximum Gasteiger partial charge on any atom is 0.129 e. The first-order chi connectivity index (χ1) is 6.24. The predicted octanol–water partition coefficient (Wildman–Crippen LogP) is 2.52. The van der Waals surface area contributed by atoms with E-state index in [4.69, 9.17) is 5.73 Å². The van der Waals surface area contributed by atoms with E-state index in [1.165, 1.54) is 0 Å². The minimum Gasteiger partial charge on any atom is -0.507 e. The summed E-state index contributed by atoms with van der Waals surface area (Å²) in [6, 6.07) is 5.38. The largest absolute Gasteiger partial charge is 0.507 e. The van der Waals surface area contributed by atoms with E-state index < -0.39 is 0 Å². The number of hydrogen-bond donors (Lipinski definition) is 2. The highest BCUT2D eigenvalue weighted by Crippen LogP contribution is 2.24. The Bertz CT molecular complexity index is 310. The molecular weight excluding hydrogens is 230 g/mol. The summed E-state index contributed by atoms with van der Waals surface area (Å²) in [6.45, 7) is 0.662. The van der Waals surface area contributed by atoms with Gasteiger partial charge in [-0.1, -0.05) is 18.2 Å². The molecule has 70 valence electrons. The smallest absolute Gasteiger partial charge is 0.129 e. The van der Waals surface area contributed by atoms with E-state index in [-0.39, 0.29) is 5.75 Å². The van der Waals surface area contributed by atoms with E-state index in [1.54, 1.807) is 6.07 Å². The van der Waals surface area contributed by atoms with Crippen molar-refractivity contribution >= 4 is 22.0 Å². The summed E-state index contributed by atoms with van der Waals surface area (Å²) in [5.74, 6) is 0.260. The number of benzene rings is 1. The second kappa shape index (κ2) is 5.04. The quantitative estimate of drug-likeness (QED) is 0.855. The summed E-state index contributed by atoms with van der Waals surface area (Å²) in [5.41, 5.74) is 6.40. The van der Waals surface area contributed by atoms with E-state index in [9.17, 15) is 5.11 Å². The number of halogens is 1. The van der Waals surface area contributed by atoms with Gasteiger partial charge in [0.15, 0.2) is 0 Å². The highest BCUT2D eigenvalue weighted by molar-refractivity contribution is 9.10. The van der Waals surface area contributed by atoms with Crippen LogP contribution in [0.15, 0.2) is 28.7 Å². The van der Waals surface area contributed by atoms with Crippen LogP contribution in [0.3, 0.4) is 0 Å². The molecule has 0 unspecified atom stereocenters. The molecule has 1 aromatic carbocycles. The lowest BCUT2D eigenvalue weighted by Gasteiger charge is -1.97. The molecule has 0 heterocycles. The van der Waals surface area contributed by atoms with Gasteiger partial charge in [0, 0.05) is 0 Å². The zero-order valence-corrected chi connectivity index (χ0v) is 8.79. The Kier molecular flexibility index (Phi) is 3.99. The fourth-order valence-electron chi connectivity index (χ4n) is 0.942. The van der Waals surface area contributed by atoms with E-state index in [0.717, 1.165) is 12.0 Å². The second-order valence-electron chi connectivity index (χ2n) is 2.69. The maximum absolute atomic E-state index is 9.22. The number of rotatable bonds is 3. The molecule has 0 spiro atoms. The molecule has 13 heavy (non-hydrogen) atoms. The lowest BCUT2D eigenvalue weighted by molar-refractivity contribution is 0.472. The Morgan fingerprint density at radius 1 is 1.46 bits per heavy atom. The molecule has 1 aromatic rings. The molecular formula is C10H12BrNO. The van der Waals surface area contributed by atoms with Gasteiger partial charge in [-0.15, -0.1) is 0 Å². The molecule has 0 aromatic heterocycles. The molecule has 1 rings (SSSR count). The van der Waals surface area contributed by atoms with Crippen molar-refractivity contribution in [3.8, 4) is 5.75 Å². The normalized spacial score (nSPS) is 10.9. The van der Waals surface area contributed by atoms with Crippen LogP contribution in [0.1, 0.15) is 12.0 Å². The Balaban J connectivity index is 2.73. The highest BCUT2D eigenvalue weighted by Gasteiger charge is 1.95. The Labute approximate surface area is 86.2 Å². The van der Waals surface area contributed by atoms with Gasteiger partial charge in [-0.25, -0.2) is 0 Å². The van der Waals surface area contributed by atoms with Gasteiger partial charge in [-0.2, -0.15) is 0 Å². The van der Waals surface area contributed by atoms with E-state index in [2.05, 4.69) is 15.9 Å². The molecule has 0 bridgehead atoms. The Morgan fingerprint density at radius 2 is 2.23 bits per heavy atom. The van der Waals surface area contributed by atoms with Crippen LogP contribution in [-0.4, -0.2) is 11.7 Å². The molecule has 3 N–H and O–H groups in total. The van der Waals surface area contributed by atoms with Crippen molar-refractivity contribution in [2.24, 2.45) is 5.73 Å². The first-order valence-corrected chi connectivity index (χ1v) is 4.88. The third kappa shape index (κ3) is 3.20. The zero-order chi connectivity index (χ0) is 9.68. The van der Waals surface area contributed by atoms with Crippen molar-refractivity contribution < 1.29 is 5.11 Å². The molecule has 0 radical (unpaired) electrons. The van der Waals surface area contributed by atoms with E-state index in [1.807, 2.05) is 24.3 Å². The lowest BCUT2D eigenvalue weighted by Crippen LogP contribution is -1.94. The van der Waals surface area contributed by atoms with Gasteiger partial charge in [0.05, 0.1) is 4.47 Å². The SMILES string of the molecule is NCCC=Cc1ccc(O)c(Br)c1. The Hall–Kier alpha value is -0.800. The van der Waals surface area contributed by atoms with E-state index in [0.29, 0.717) is 11.0 Å². The van der Waals surface area contributed by atoms with Crippen molar-refractivity contribution in [1.29, 1.82) is 0 Å². The van der Waals surface area contributed by atoms with Crippen molar-refractivity contribution in [1.82, 2.24) is 0 Å². The van der Waals surface area contributed by atoms with Crippen LogP contribution in [0.5, 0.6) is 5.75 Å². The van der Waals surface area contributed by atoms with Crippen molar-refractivity contribution in [2.45, 2.75) is 6.42 Å². The molecule has 0 aliphatic rings. The molecule has 0 atom stereocenters. The molecule has 0 saturated carbocycles. The van der Waals surface area contributed by atoms with Crippen LogP contribution in [-0.2, 0) is 0 Å². The Morgan fingerprint density at radius 3 is 2.85 bits per heavy atom. The fourth-order valence-corrected chi connectivity index (χ4v) is 1.34. The fraction of sp³-hybridized carbons (Fsp3) is 0.200. The summed E-state index contributed by atoms with van der Waals surface area (Å²) in [5, 5.41) is 9.22. The number of phenols is 1. The first-order valence-electron chi connectivity index (χ1n) is 4.09. The van der Waals surface area contributed by atoms with E-state index >= 15 is 0 Å². The standard InChI is InChI=1S/C10H12BrNO/c11-9-7-8(3-1-2-6-12)4-5-10(9)13/h1,3-5,7,13H,2,6,12H2. The third-order valence-electron chi connectivity index (χ3n) is 1.62. The number of phenolic OH excluding ortho intramolecular Hbond substituents is 1. The summed E-state index contributed by atoms with van der Waals surface area (Å²) >= 11 is 3.25. The topological polar surface area (TPSA) is 46.2 Å². The molecule has 0 fully saturated rings. The maximum atomic E-state index is 9.22. The number of nitrogens with two attached hydrogens (primary N) is 1. The van der Waals surface area contributed by atoms with Crippen molar-refractivity contribution in [3.63, 3.8) is 0 Å².